The van der Waals surface area contributed by atoms with Crippen molar-refractivity contribution >= 4 is 5.65 Å². The second-order valence-electron chi connectivity index (χ2n) is 5.92. The van der Waals surface area contributed by atoms with Crippen LogP contribution in [0.2, 0.25) is 0 Å². The lowest BCUT2D eigenvalue weighted by Gasteiger charge is -2.19. The highest BCUT2D eigenvalue weighted by atomic mass is 19.4. The van der Waals surface area contributed by atoms with Gasteiger partial charge in [-0.2, -0.15) is 13.2 Å². The molecule has 0 spiro atoms. The van der Waals surface area contributed by atoms with E-state index < -0.39 is 35.1 Å². The van der Waals surface area contributed by atoms with E-state index in [2.05, 4.69) is 10.2 Å². The highest BCUT2D eigenvalue weighted by molar-refractivity contribution is 5.51. The number of pyridine rings is 1. The number of alkyl halides is 3. The summed E-state index contributed by atoms with van der Waals surface area (Å²) in [7, 11) is 0. The molecular formula is C18H16F5N3O2. The van der Waals surface area contributed by atoms with Gasteiger partial charge in [0, 0.05) is 12.7 Å². The van der Waals surface area contributed by atoms with E-state index in [9.17, 15) is 22.0 Å². The number of aromatic nitrogens is 3. The van der Waals surface area contributed by atoms with Gasteiger partial charge >= 0.3 is 6.18 Å². The standard InChI is InChI=1S/C18H16F5N3O2/c1-3-27-9-16-24-25-17-12(18(21,22)23)5-6-14(26(16)17)10(2)28-15-7-4-11(19)8-13(15)20/h4-8,10H,3,9H2,1-2H3/t10-/m1/s1. The zero-order chi connectivity index (χ0) is 20.5. The minimum Gasteiger partial charge on any atom is -0.481 e. The maximum absolute atomic E-state index is 13.9. The Labute approximate surface area is 156 Å². The van der Waals surface area contributed by atoms with E-state index >= 15 is 0 Å². The van der Waals surface area contributed by atoms with E-state index in [-0.39, 0.29) is 23.9 Å². The first kappa shape index (κ1) is 20.0. The van der Waals surface area contributed by atoms with Crippen LogP contribution < -0.4 is 4.74 Å². The Kier molecular flexibility index (Phi) is 5.50. The number of rotatable bonds is 6. The third-order valence-electron chi connectivity index (χ3n) is 4.00. The average Bonchev–Trinajstić information content (AvgIpc) is 3.04. The third-order valence-corrected chi connectivity index (χ3v) is 4.00. The first-order chi connectivity index (χ1) is 13.2. The SMILES string of the molecule is CCOCc1nnc2c(C(F)(F)F)ccc([C@@H](C)Oc3ccc(F)cc3F)n12. The molecule has 3 aromatic rings. The molecular weight excluding hydrogens is 385 g/mol. The summed E-state index contributed by atoms with van der Waals surface area (Å²) in [6, 6.07) is 4.86. The predicted molar refractivity (Wildman–Crippen MR) is 88.7 cm³/mol. The molecule has 10 heteroatoms. The van der Waals surface area contributed by atoms with Gasteiger partial charge in [-0.3, -0.25) is 4.40 Å². The largest absolute Gasteiger partial charge is 0.481 e. The van der Waals surface area contributed by atoms with E-state index in [0.717, 1.165) is 18.2 Å². The Bertz CT molecular complexity index is 987. The lowest BCUT2D eigenvalue weighted by atomic mass is 10.1. The van der Waals surface area contributed by atoms with Crippen molar-refractivity contribution in [2.45, 2.75) is 32.7 Å². The molecule has 3 rings (SSSR count). The van der Waals surface area contributed by atoms with Gasteiger partial charge in [-0.05, 0) is 38.1 Å². The van der Waals surface area contributed by atoms with Crippen LogP contribution in [-0.4, -0.2) is 21.2 Å². The molecule has 0 aliphatic carbocycles. The maximum Gasteiger partial charge on any atom is 0.420 e. The molecule has 0 saturated heterocycles. The summed E-state index contributed by atoms with van der Waals surface area (Å²) in [5, 5.41) is 7.45. The summed E-state index contributed by atoms with van der Waals surface area (Å²) >= 11 is 0. The van der Waals surface area contributed by atoms with Gasteiger partial charge in [0.2, 0.25) is 0 Å². The molecule has 150 valence electrons. The topological polar surface area (TPSA) is 48.7 Å². The van der Waals surface area contributed by atoms with Crippen molar-refractivity contribution in [1.29, 1.82) is 0 Å². The number of halogens is 5. The fraction of sp³-hybridized carbons (Fsp3) is 0.333. The molecule has 0 N–H and O–H groups in total. The highest BCUT2D eigenvalue weighted by Crippen LogP contribution is 2.34. The maximum atomic E-state index is 13.9. The van der Waals surface area contributed by atoms with Crippen molar-refractivity contribution in [2.24, 2.45) is 0 Å². The summed E-state index contributed by atoms with van der Waals surface area (Å²) < 4.78 is 78.9. The Morgan fingerprint density at radius 2 is 1.86 bits per heavy atom. The summed E-state index contributed by atoms with van der Waals surface area (Å²) in [5.74, 6) is -1.78. The Morgan fingerprint density at radius 3 is 2.50 bits per heavy atom. The number of nitrogens with zero attached hydrogens (tertiary/aromatic N) is 3. The number of ether oxygens (including phenoxy) is 2. The van der Waals surface area contributed by atoms with Crippen molar-refractivity contribution in [3.63, 3.8) is 0 Å². The first-order valence-electron chi connectivity index (χ1n) is 8.36. The molecule has 0 bridgehead atoms. The van der Waals surface area contributed by atoms with Gasteiger partial charge in [0.05, 0.1) is 5.69 Å². The van der Waals surface area contributed by atoms with E-state index in [4.69, 9.17) is 9.47 Å². The number of hydrogen-bond acceptors (Lipinski definition) is 4. The first-order valence-corrected chi connectivity index (χ1v) is 8.36. The van der Waals surface area contributed by atoms with Gasteiger partial charge in [0.15, 0.2) is 23.0 Å². The third kappa shape index (κ3) is 3.91. The lowest BCUT2D eigenvalue weighted by Crippen LogP contribution is -2.15. The van der Waals surface area contributed by atoms with Crippen LogP contribution in [0.5, 0.6) is 5.75 Å². The number of fused-ring (bicyclic) bond motifs is 1. The molecule has 1 aromatic carbocycles. The molecule has 0 saturated carbocycles. The van der Waals surface area contributed by atoms with Crippen LogP contribution in [0, 0.1) is 11.6 Å². The summed E-state index contributed by atoms with van der Waals surface area (Å²) in [6.07, 6.45) is -5.52. The molecule has 0 radical (unpaired) electrons. The van der Waals surface area contributed by atoms with Crippen LogP contribution in [0.3, 0.4) is 0 Å². The average molecular weight is 401 g/mol. The molecule has 0 fully saturated rings. The quantitative estimate of drug-likeness (QED) is 0.562. The predicted octanol–water partition coefficient (Wildman–Crippen LogP) is 4.70. The van der Waals surface area contributed by atoms with E-state index in [0.29, 0.717) is 12.7 Å². The van der Waals surface area contributed by atoms with Gasteiger partial charge < -0.3 is 9.47 Å². The van der Waals surface area contributed by atoms with Crippen LogP contribution in [0.4, 0.5) is 22.0 Å². The van der Waals surface area contributed by atoms with Gasteiger partial charge in [0.1, 0.15) is 24.1 Å². The van der Waals surface area contributed by atoms with Crippen molar-refractivity contribution in [3.8, 4) is 5.75 Å². The van der Waals surface area contributed by atoms with Gasteiger partial charge in [0.25, 0.3) is 0 Å². The Balaban J connectivity index is 2.07. The van der Waals surface area contributed by atoms with Crippen LogP contribution >= 0.6 is 0 Å². The van der Waals surface area contributed by atoms with Gasteiger partial charge in [-0.15, -0.1) is 10.2 Å². The lowest BCUT2D eigenvalue weighted by molar-refractivity contribution is -0.136. The molecule has 5 nitrogen and oxygen atoms in total. The zero-order valence-corrected chi connectivity index (χ0v) is 14.9. The molecule has 0 aliphatic heterocycles. The number of benzene rings is 1. The second kappa shape index (κ2) is 7.70. The van der Waals surface area contributed by atoms with Gasteiger partial charge in [-0.1, -0.05) is 0 Å². The molecule has 2 aromatic heterocycles. The Hall–Kier alpha value is -2.75. The van der Waals surface area contributed by atoms with Gasteiger partial charge in [-0.25, -0.2) is 8.78 Å². The molecule has 28 heavy (non-hydrogen) atoms. The number of hydrogen-bond donors (Lipinski definition) is 0. The molecule has 0 amide bonds. The second-order valence-corrected chi connectivity index (χ2v) is 5.92. The van der Waals surface area contributed by atoms with Crippen molar-refractivity contribution in [2.75, 3.05) is 6.61 Å². The molecule has 0 aliphatic rings. The van der Waals surface area contributed by atoms with Crippen molar-refractivity contribution in [3.05, 3.63) is 59.0 Å². The van der Waals surface area contributed by atoms with E-state index in [1.54, 1.807) is 6.92 Å². The normalized spacial score (nSPS) is 13.1. The monoisotopic (exact) mass is 401 g/mol. The van der Waals surface area contributed by atoms with E-state index in [1.165, 1.54) is 17.4 Å². The van der Waals surface area contributed by atoms with Crippen LogP contribution in [0.15, 0.2) is 30.3 Å². The zero-order valence-electron chi connectivity index (χ0n) is 14.9. The smallest absolute Gasteiger partial charge is 0.420 e. The fourth-order valence-corrected chi connectivity index (χ4v) is 2.73. The molecule has 1 atom stereocenters. The van der Waals surface area contributed by atoms with Crippen LogP contribution in [-0.2, 0) is 17.5 Å². The molecule has 2 heterocycles. The van der Waals surface area contributed by atoms with E-state index in [1.807, 2.05) is 0 Å². The minimum atomic E-state index is -4.64. The van der Waals surface area contributed by atoms with Crippen LogP contribution in [0.1, 0.15) is 37.0 Å². The van der Waals surface area contributed by atoms with Crippen LogP contribution in [0.25, 0.3) is 5.65 Å². The minimum absolute atomic E-state index is 0.0659. The summed E-state index contributed by atoms with van der Waals surface area (Å²) in [6.45, 7) is 3.52. The Morgan fingerprint density at radius 1 is 1.11 bits per heavy atom. The fourth-order valence-electron chi connectivity index (χ4n) is 2.73. The van der Waals surface area contributed by atoms with Crippen molar-refractivity contribution in [1.82, 2.24) is 14.6 Å². The van der Waals surface area contributed by atoms with Crippen molar-refractivity contribution < 1.29 is 31.4 Å². The highest BCUT2D eigenvalue weighted by Gasteiger charge is 2.35. The molecule has 0 unspecified atom stereocenters. The summed E-state index contributed by atoms with van der Waals surface area (Å²) in [4.78, 5) is 0. The summed E-state index contributed by atoms with van der Waals surface area (Å²) in [5.41, 5.74) is -1.12.